The number of nitrogens with zero attached hydrogens (tertiary/aromatic N) is 4. The maximum atomic E-state index is 13.1. The Morgan fingerprint density at radius 2 is 1.93 bits per heavy atom. The van der Waals surface area contributed by atoms with Gasteiger partial charge in [0.1, 0.15) is 0 Å². The van der Waals surface area contributed by atoms with E-state index in [-0.39, 0.29) is 17.7 Å². The second-order valence-corrected chi connectivity index (χ2v) is 7.62. The Labute approximate surface area is 173 Å². The largest absolute Gasteiger partial charge is 0.333 e. The average Bonchev–Trinajstić information content (AvgIpc) is 2.70. The third-order valence-electron chi connectivity index (χ3n) is 5.03. The first-order chi connectivity index (χ1) is 13.5. The molecule has 2 aliphatic rings. The van der Waals surface area contributed by atoms with Crippen LogP contribution in [0.3, 0.4) is 0 Å². The van der Waals surface area contributed by atoms with Crippen molar-refractivity contribution in [2.45, 2.75) is 44.6 Å². The zero-order chi connectivity index (χ0) is 20.1. The summed E-state index contributed by atoms with van der Waals surface area (Å²) in [5, 5.41) is 0.175. The van der Waals surface area contributed by atoms with E-state index in [1.807, 2.05) is 0 Å². The molecule has 28 heavy (non-hydrogen) atoms. The van der Waals surface area contributed by atoms with Crippen LogP contribution >= 0.6 is 23.2 Å². The van der Waals surface area contributed by atoms with Crippen molar-refractivity contribution in [3.05, 3.63) is 23.5 Å². The number of carbonyl (C=O) groups excluding carboxylic acids is 3. The number of pyridine rings is 1. The number of aliphatic imine (C=N–C) groups is 1. The highest BCUT2D eigenvalue weighted by molar-refractivity contribution is 6.32. The van der Waals surface area contributed by atoms with Gasteiger partial charge in [0, 0.05) is 30.9 Å². The maximum Gasteiger partial charge on any atom is 0.333 e. The SMILES string of the molecule is O=C1C(C=Nc2cccnc2Cl)C(=O)N(C2CCCCC2)C(=O)N1CCCCl. The van der Waals surface area contributed by atoms with E-state index in [9.17, 15) is 14.4 Å². The van der Waals surface area contributed by atoms with Gasteiger partial charge in [0.2, 0.25) is 11.8 Å². The fraction of sp³-hybridized carbons (Fsp3) is 0.526. The minimum Gasteiger partial charge on any atom is -0.273 e. The Balaban J connectivity index is 1.90. The molecule has 1 atom stereocenters. The molecule has 1 aliphatic heterocycles. The number of imide groups is 2. The standard InChI is InChI=1S/C19H22Cl2N4O3/c20-9-5-11-24-17(26)14(12-23-15-8-4-10-22-16(15)21)18(27)25(19(24)28)13-6-2-1-3-7-13/h4,8,10,12-14H,1-3,5-7,9,11H2. The van der Waals surface area contributed by atoms with Gasteiger partial charge in [-0.3, -0.25) is 24.4 Å². The highest BCUT2D eigenvalue weighted by atomic mass is 35.5. The van der Waals surface area contributed by atoms with Crippen LogP contribution in [0.5, 0.6) is 0 Å². The Morgan fingerprint density at radius 3 is 2.61 bits per heavy atom. The number of amides is 4. The summed E-state index contributed by atoms with van der Waals surface area (Å²) < 4.78 is 0. The predicted molar refractivity (Wildman–Crippen MR) is 107 cm³/mol. The fourth-order valence-corrected chi connectivity index (χ4v) is 3.88. The molecule has 1 saturated carbocycles. The second kappa shape index (κ2) is 9.47. The Bertz CT molecular complexity index is 780. The molecule has 150 valence electrons. The minimum atomic E-state index is -1.16. The molecule has 9 heteroatoms. The van der Waals surface area contributed by atoms with Gasteiger partial charge < -0.3 is 0 Å². The van der Waals surface area contributed by atoms with Crippen molar-refractivity contribution in [2.24, 2.45) is 10.9 Å². The molecule has 0 N–H and O–H groups in total. The summed E-state index contributed by atoms with van der Waals surface area (Å²) in [6, 6.07) is 2.57. The molecule has 2 fully saturated rings. The zero-order valence-corrected chi connectivity index (χ0v) is 16.9. The first-order valence-electron chi connectivity index (χ1n) is 9.43. The van der Waals surface area contributed by atoms with Crippen molar-refractivity contribution in [3.63, 3.8) is 0 Å². The van der Waals surface area contributed by atoms with E-state index in [1.54, 1.807) is 12.1 Å². The maximum absolute atomic E-state index is 13.1. The van der Waals surface area contributed by atoms with Crippen LogP contribution in [0.15, 0.2) is 23.3 Å². The zero-order valence-electron chi connectivity index (χ0n) is 15.4. The van der Waals surface area contributed by atoms with Crippen LogP contribution in [-0.2, 0) is 9.59 Å². The van der Waals surface area contributed by atoms with E-state index in [1.165, 1.54) is 17.3 Å². The van der Waals surface area contributed by atoms with Gasteiger partial charge in [-0.1, -0.05) is 30.9 Å². The monoisotopic (exact) mass is 424 g/mol. The first-order valence-corrected chi connectivity index (χ1v) is 10.3. The fourth-order valence-electron chi connectivity index (χ4n) is 3.60. The molecule has 0 bridgehead atoms. The lowest BCUT2D eigenvalue weighted by Crippen LogP contribution is -2.63. The number of hydrogen-bond donors (Lipinski definition) is 0. The summed E-state index contributed by atoms with van der Waals surface area (Å²) in [7, 11) is 0. The normalized spacial score (nSPS) is 21.8. The third kappa shape index (κ3) is 4.36. The van der Waals surface area contributed by atoms with Gasteiger partial charge in [0.15, 0.2) is 11.1 Å². The predicted octanol–water partition coefficient (Wildman–Crippen LogP) is 3.81. The van der Waals surface area contributed by atoms with E-state index < -0.39 is 23.8 Å². The van der Waals surface area contributed by atoms with Gasteiger partial charge in [0.25, 0.3) is 0 Å². The van der Waals surface area contributed by atoms with E-state index in [2.05, 4.69) is 9.98 Å². The molecule has 1 aromatic rings. The molecule has 1 saturated heterocycles. The summed E-state index contributed by atoms with van der Waals surface area (Å²) in [5.74, 6) is -1.94. The highest BCUT2D eigenvalue weighted by Gasteiger charge is 2.47. The lowest BCUT2D eigenvalue weighted by Gasteiger charge is -2.41. The summed E-state index contributed by atoms with van der Waals surface area (Å²) in [5.41, 5.74) is 0.359. The van der Waals surface area contributed by atoms with Crippen molar-refractivity contribution >= 4 is 52.9 Å². The van der Waals surface area contributed by atoms with Crippen LogP contribution in [0, 0.1) is 5.92 Å². The Kier molecular flexibility index (Phi) is 7.02. The number of hydrogen-bond acceptors (Lipinski definition) is 5. The average molecular weight is 425 g/mol. The van der Waals surface area contributed by atoms with Crippen LogP contribution in [0.2, 0.25) is 5.15 Å². The van der Waals surface area contributed by atoms with Gasteiger partial charge in [-0.2, -0.15) is 0 Å². The van der Waals surface area contributed by atoms with Crippen LogP contribution in [0.25, 0.3) is 0 Å². The topological polar surface area (TPSA) is 82.9 Å². The van der Waals surface area contributed by atoms with Crippen LogP contribution in [0.4, 0.5) is 10.5 Å². The van der Waals surface area contributed by atoms with Gasteiger partial charge in [0.05, 0.1) is 5.69 Å². The van der Waals surface area contributed by atoms with Gasteiger partial charge >= 0.3 is 6.03 Å². The summed E-state index contributed by atoms with van der Waals surface area (Å²) in [6.07, 6.45) is 7.78. The van der Waals surface area contributed by atoms with Gasteiger partial charge in [-0.25, -0.2) is 9.78 Å². The molecule has 1 aliphatic carbocycles. The van der Waals surface area contributed by atoms with Gasteiger partial charge in [-0.15, -0.1) is 11.6 Å². The molecule has 0 aromatic carbocycles. The number of alkyl halides is 1. The third-order valence-corrected chi connectivity index (χ3v) is 5.59. The second-order valence-electron chi connectivity index (χ2n) is 6.88. The number of barbiturate groups is 1. The van der Waals surface area contributed by atoms with Crippen molar-refractivity contribution in [2.75, 3.05) is 12.4 Å². The van der Waals surface area contributed by atoms with Crippen molar-refractivity contribution < 1.29 is 14.4 Å². The molecule has 1 unspecified atom stereocenters. The molecule has 0 spiro atoms. The Morgan fingerprint density at radius 1 is 1.18 bits per heavy atom. The minimum absolute atomic E-state index is 0.175. The molecular formula is C19H22Cl2N4O3. The quantitative estimate of drug-likeness (QED) is 0.300. The number of halogens is 2. The number of rotatable bonds is 6. The van der Waals surface area contributed by atoms with E-state index in [0.29, 0.717) is 18.0 Å². The van der Waals surface area contributed by atoms with Crippen LogP contribution in [0.1, 0.15) is 38.5 Å². The smallest absolute Gasteiger partial charge is 0.273 e. The van der Waals surface area contributed by atoms with Gasteiger partial charge in [-0.05, 0) is 31.4 Å². The van der Waals surface area contributed by atoms with Crippen molar-refractivity contribution in [1.82, 2.24) is 14.8 Å². The van der Waals surface area contributed by atoms with Crippen LogP contribution in [-0.4, -0.2) is 57.3 Å². The van der Waals surface area contributed by atoms with Crippen molar-refractivity contribution in [1.29, 1.82) is 0 Å². The summed E-state index contributed by atoms with van der Waals surface area (Å²) >= 11 is 11.7. The molecule has 0 radical (unpaired) electrons. The number of aromatic nitrogens is 1. The van der Waals surface area contributed by atoms with Crippen LogP contribution < -0.4 is 0 Å². The number of urea groups is 1. The molecule has 7 nitrogen and oxygen atoms in total. The molecular weight excluding hydrogens is 403 g/mol. The molecule has 4 amide bonds. The van der Waals surface area contributed by atoms with E-state index in [4.69, 9.17) is 23.2 Å². The summed E-state index contributed by atoms with van der Waals surface area (Å²) in [4.78, 5) is 49.4. The van der Waals surface area contributed by atoms with Crippen molar-refractivity contribution in [3.8, 4) is 0 Å². The lowest BCUT2D eigenvalue weighted by atomic mass is 9.92. The highest BCUT2D eigenvalue weighted by Crippen LogP contribution is 2.29. The molecule has 3 rings (SSSR count). The molecule has 2 heterocycles. The van der Waals surface area contributed by atoms with E-state index in [0.717, 1.165) is 37.0 Å². The number of carbonyl (C=O) groups is 3. The first kappa shape index (κ1) is 20.7. The Hall–Kier alpha value is -1.99. The lowest BCUT2D eigenvalue weighted by molar-refractivity contribution is -0.147. The van der Waals surface area contributed by atoms with E-state index >= 15 is 0 Å². The summed E-state index contributed by atoms with van der Waals surface area (Å²) in [6.45, 7) is 0.176. The molecule has 1 aromatic heterocycles.